The molecular weight excluding hydrogens is 432 g/mol. The van der Waals surface area contributed by atoms with Crippen molar-refractivity contribution in [2.24, 2.45) is 0 Å². The number of hydrogen-bond donors (Lipinski definition) is 0. The Balaban J connectivity index is 2.00. The molecule has 0 aliphatic carbocycles. The van der Waals surface area contributed by atoms with E-state index < -0.39 is 0 Å². The van der Waals surface area contributed by atoms with Crippen LogP contribution in [-0.4, -0.2) is 50.5 Å². The molecule has 164 valence electrons. The van der Waals surface area contributed by atoms with Crippen molar-refractivity contribution in [3.05, 3.63) is 53.6 Å². The van der Waals surface area contributed by atoms with Gasteiger partial charge in [-0.25, -0.2) is 0 Å². The standard InChI is InChI=1S/C23H27ClN4O2S/c1-15(2)27(16(3)4)21(29)14-31-23-26-25-22(19-8-6-7-9-20(19)30-5)28(23)18-12-10-17(24)11-13-18/h6-13,15-16H,14H2,1-5H3. The highest BCUT2D eigenvalue weighted by molar-refractivity contribution is 7.99. The molecule has 0 bridgehead atoms. The summed E-state index contributed by atoms with van der Waals surface area (Å²) >= 11 is 7.47. The van der Waals surface area contributed by atoms with Crippen LogP contribution >= 0.6 is 23.4 Å². The van der Waals surface area contributed by atoms with Crippen LogP contribution in [0.2, 0.25) is 5.02 Å². The van der Waals surface area contributed by atoms with Gasteiger partial charge in [-0.2, -0.15) is 0 Å². The molecule has 0 aliphatic heterocycles. The predicted octanol–water partition coefficient (Wildman–Crippen LogP) is 5.33. The van der Waals surface area contributed by atoms with Gasteiger partial charge in [0.25, 0.3) is 0 Å². The van der Waals surface area contributed by atoms with E-state index in [0.29, 0.717) is 21.8 Å². The molecule has 0 atom stereocenters. The SMILES string of the molecule is COc1ccccc1-c1nnc(SCC(=O)N(C(C)C)C(C)C)n1-c1ccc(Cl)cc1. The molecular formula is C23H27ClN4O2S. The lowest BCUT2D eigenvalue weighted by atomic mass is 10.2. The zero-order valence-electron chi connectivity index (χ0n) is 18.4. The summed E-state index contributed by atoms with van der Waals surface area (Å²) in [6.07, 6.45) is 0. The van der Waals surface area contributed by atoms with Crippen molar-refractivity contribution in [1.29, 1.82) is 0 Å². The van der Waals surface area contributed by atoms with Crippen LogP contribution in [0, 0.1) is 0 Å². The highest BCUT2D eigenvalue weighted by Gasteiger charge is 2.23. The maximum atomic E-state index is 12.9. The van der Waals surface area contributed by atoms with Crippen molar-refractivity contribution in [3.8, 4) is 22.8 Å². The summed E-state index contributed by atoms with van der Waals surface area (Å²) < 4.78 is 7.46. The maximum Gasteiger partial charge on any atom is 0.233 e. The van der Waals surface area contributed by atoms with Crippen LogP contribution in [-0.2, 0) is 4.79 Å². The number of benzene rings is 2. The first-order valence-corrected chi connectivity index (χ1v) is 11.5. The molecule has 0 saturated carbocycles. The Morgan fingerprint density at radius 3 is 2.32 bits per heavy atom. The van der Waals surface area contributed by atoms with Crippen molar-refractivity contribution in [2.75, 3.05) is 12.9 Å². The molecule has 1 aromatic heterocycles. The number of thioether (sulfide) groups is 1. The summed E-state index contributed by atoms with van der Waals surface area (Å²) in [5, 5.41) is 10.1. The second-order valence-electron chi connectivity index (χ2n) is 7.60. The van der Waals surface area contributed by atoms with Crippen LogP contribution in [0.3, 0.4) is 0 Å². The second kappa shape index (κ2) is 10.2. The molecule has 2 aromatic carbocycles. The van der Waals surface area contributed by atoms with E-state index in [0.717, 1.165) is 11.3 Å². The number of carbonyl (C=O) groups is 1. The molecule has 31 heavy (non-hydrogen) atoms. The van der Waals surface area contributed by atoms with Crippen LogP contribution in [0.1, 0.15) is 27.7 Å². The molecule has 1 heterocycles. The van der Waals surface area contributed by atoms with Gasteiger partial charge in [0.15, 0.2) is 11.0 Å². The van der Waals surface area contributed by atoms with E-state index in [2.05, 4.69) is 10.2 Å². The van der Waals surface area contributed by atoms with E-state index in [-0.39, 0.29) is 23.7 Å². The number of hydrogen-bond acceptors (Lipinski definition) is 5. The van der Waals surface area contributed by atoms with Gasteiger partial charge in [-0.15, -0.1) is 10.2 Å². The molecule has 0 fully saturated rings. The Hall–Kier alpha value is -2.51. The maximum absolute atomic E-state index is 12.9. The fraction of sp³-hybridized carbons (Fsp3) is 0.348. The van der Waals surface area contributed by atoms with Crippen LogP contribution in [0.25, 0.3) is 17.1 Å². The van der Waals surface area contributed by atoms with Crippen LogP contribution in [0.15, 0.2) is 53.7 Å². The Morgan fingerprint density at radius 1 is 1.06 bits per heavy atom. The molecule has 3 rings (SSSR count). The van der Waals surface area contributed by atoms with Crippen molar-refractivity contribution in [3.63, 3.8) is 0 Å². The summed E-state index contributed by atoms with van der Waals surface area (Å²) in [6, 6.07) is 15.4. The number of halogens is 1. The number of aromatic nitrogens is 3. The predicted molar refractivity (Wildman–Crippen MR) is 126 cm³/mol. The lowest BCUT2D eigenvalue weighted by molar-refractivity contribution is -0.131. The molecule has 0 aliphatic rings. The van der Waals surface area contributed by atoms with Gasteiger partial charge in [0.2, 0.25) is 5.91 Å². The fourth-order valence-corrected chi connectivity index (χ4v) is 4.51. The van der Waals surface area contributed by atoms with Gasteiger partial charge >= 0.3 is 0 Å². The van der Waals surface area contributed by atoms with E-state index in [9.17, 15) is 4.79 Å². The zero-order valence-corrected chi connectivity index (χ0v) is 19.9. The highest BCUT2D eigenvalue weighted by Crippen LogP contribution is 2.33. The first kappa shape index (κ1) is 23.2. The van der Waals surface area contributed by atoms with E-state index in [1.807, 2.05) is 85.7 Å². The number of nitrogens with zero attached hydrogens (tertiary/aromatic N) is 4. The van der Waals surface area contributed by atoms with Gasteiger partial charge in [-0.1, -0.05) is 35.5 Å². The van der Waals surface area contributed by atoms with Gasteiger partial charge in [-0.3, -0.25) is 9.36 Å². The molecule has 3 aromatic rings. The van der Waals surface area contributed by atoms with Gasteiger partial charge in [0.05, 0.1) is 18.4 Å². The van der Waals surface area contributed by atoms with Crippen molar-refractivity contribution in [1.82, 2.24) is 19.7 Å². The fourth-order valence-electron chi connectivity index (χ4n) is 3.56. The highest BCUT2D eigenvalue weighted by atomic mass is 35.5. The van der Waals surface area contributed by atoms with E-state index in [1.54, 1.807) is 7.11 Å². The van der Waals surface area contributed by atoms with Gasteiger partial charge in [-0.05, 0) is 64.1 Å². The van der Waals surface area contributed by atoms with Gasteiger partial charge < -0.3 is 9.64 Å². The van der Waals surface area contributed by atoms with Crippen LogP contribution in [0.4, 0.5) is 0 Å². The molecule has 0 spiro atoms. The first-order chi connectivity index (χ1) is 14.8. The largest absolute Gasteiger partial charge is 0.496 e. The van der Waals surface area contributed by atoms with Crippen LogP contribution in [0.5, 0.6) is 5.75 Å². The lowest BCUT2D eigenvalue weighted by Crippen LogP contribution is -2.43. The Morgan fingerprint density at radius 2 is 1.71 bits per heavy atom. The van der Waals surface area contributed by atoms with Crippen molar-refractivity contribution < 1.29 is 9.53 Å². The summed E-state index contributed by atoms with van der Waals surface area (Å²) in [5.41, 5.74) is 1.67. The Labute approximate surface area is 192 Å². The molecule has 0 N–H and O–H groups in total. The minimum absolute atomic E-state index is 0.0690. The van der Waals surface area contributed by atoms with Gasteiger partial charge in [0.1, 0.15) is 5.75 Å². The molecule has 6 nitrogen and oxygen atoms in total. The summed E-state index contributed by atoms with van der Waals surface area (Å²) in [6.45, 7) is 8.11. The minimum atomic E-state index is 0.0690. The third-order valence-corrected chi connectivity index (χ3v) is 5.96. The van der Waals surface area contributed by atoms with Crippen molar-refractivity contribution in [2.45, 2.75) is 44.9 Å². The number of rotatable bonds is 8. The first-order valence-electron chi connectivity index (χ1n) is 10.1. The van der Waals surface area contributed by atoms with E-state index in [4.69, 9.17) is 16.3 Å². The monoisotopic (exact) mass is 458 g/mol. The number of methoxy groups -OCH3 is 1. The number of ether oxygens (including phenoxy) is 1. The molecule has 1 amide bonds. The second-order valence-corrected chi connectivity index (χ2v) is 8.97. The Kier molecular flexibility index (Phi) is 7.62. The lowest BCUT2D eigenvalue weighted by Gasteiger charge is -2.30. The minimum Gasteiger partial charge on any atom is -0.496 e. The summed E-state index contributed by atoms with van der Waals surface area (Å²) in [4.78, 5) is 14.8. The Bertz CT molecular complexity index is 1030. The smallest absolute Gasteiger partial charge is 0.233 e. The molecule has 8 heteroatoms. The van der Waals surface area contributed by atoms with E-state index in [1.165, 1.54) is 11.8 Å². The average molecular weight is 459 g/mol. The topological polar surface area (TPSA) is 60.3 Å². The quantitative estimate of drug-likeness (QED) is 0.427. The molecule has 0 saturated heterocycles. The third kappa shape index (κ3) is 5.22. The zero-order chi connectivity index (χ0) is 22.5. The summed E-state index contributed by atoms with van der Waals surface area (Å²) in [7, 11) is 1.63. The van der Waals surface area contributed by atoms with Crippen LogP contribution < -0.4 is 4.74 Å². The third-order valence-electron chi connectivity index (χ3n) is 4.79. The number of carbonyl (C=O) groups excluding carboxylic acids is 1. The van der Waals surface area contributed by atoms with Gasteiger partial charge in [0, 0.05) is 22.8 Å². The van der Waals surface area contributed by atoms with E-state index >= 15 is 0 Å². The van der Waals surface area contributed by atoms with Crippen molar-refractivity contribution >= 4 is 29.3 Å². The molecule has 0 radical (unpaired) electrons. The molecule has 0 unspecified atom stereocenters. The normalized spacial score (nSPS) is 11.2. The number of amides is 1. The summed E-state index contributed by atoms with van der Waals surface area (Å²) in [5.74, 6) is 1.68. The average Bonchev–Trinajstić information content (AvgIpc) is 3.16. The number of para-hydroxylation sites is 1.